The van der Waals surface area contributed by atoms with Crippen molar-refractivity contribution in [1.29, 1.82) is 5.26 Å². The molecular formula is C18H18N4O2. The van der Waals surface area contributed by atoms with E-state index < -0.39 is 6.10 Å². The number of nitriles is 1. The number of fused-ring (bicyclic) bond motifs is 3. The quantitative estimate of drug-likeness (QED) is 0.690. The minimum atomic E-state index is -0.725. The Morgan fingerprint density at radius 3 is 2.88 bits per heavy atom. The van der Waals surface area contributed by atoms with Crippen molar-refractivity contribution in [2.75, 3.05) is 0 Å². The van der Waals surface area contributed by atoms with Gasteiger partial charge < -0.3 is 4.74 Å². The number of hydrogen-bond donors (Lipinski definition) is 0. The lowest BCUT2D eigenvalue weighted by Gasteiger charge is -2.11. The van der Waals surface area contributed by atoms with E-state index in [1.54, 1.807) is 6.92 Å². The lowest BCUT2D eigenvalue weighted by atomic mass is 10.1. The van der Waals surface area contributed by atoms with Crippen LogP contribution in [-0.4, -0.2) is 26.7 Å². The van der Waals surface area contributed by atoms with Crippen molar-refractivity contribution < 1.29 is 9.53 Å². The summed E-state index contributed by atoms with van der Waals surface area (Å²) in [5, 5.41) is 14.3. The molecule has 0 unspecified atom stereocenters. The first-order chi connectivity index (χ1) is 11.5. The van der Waals surface area contributed by atoms with Crippen molar-refractivity contribution >= 4 is 22.5 Å². The van der Waals surface area contributed by atoms with Crippen LogP contribution in [0.1, 0.15) is 30.3 Å². The number of carbonyl (C=O) groups is 1. The number of benzene rings is 1. The molecule has 0 radical (unpaired) electrons. The van der Waals surface area contributed by atoms with E-state index in [9.17, 15) is 4.79 Å². The average molecular weight is 322 g/mol. The lowest BCUT2D eigenvalue weighted by Crippen LogP contribution is -2.14. The van der Waals surface area contributed by atoms with Crippen molar-refractivity contribution in [2.45, 2.75) is 39.7 Å². The highest BCUT2D eigenvalue weighted by atomic mass is 16.5. The van der Waals surface area contributed by atoms with Crippen molar-refractivity contribution in [2.24, 2.45) is 0 Å². The van der Waals surface area contributed by atoms with Crippen LogP contribution < -0.4 is 0 Å². The molecule has 24 heavy (non-hydrogen) atoms. The molecule has 0 fully saturated rings. The maximum atomic E-state index is 11.8. The Morgan fingerprint density at radius 2 is 2.12 bits per heavy atom. The van der Waals surface area contributed by atoms with E-state index in [2.05, 4.69) is 10.1 Å². The molecule has 3 rings (SSSR count). The Balaban J connectivity index is 1.93. The Bertz CT molecular complexity index is 968. The molecule has 2 aromatic heterocycles. The highest BCUT2D eigenvalue weighted by Gasteiger charge is 2.16. The van der Waals surface area contributed by atoms with Gasteiger partial charge in [-0.15, -0.1) is 0 Å². The van der Waals surface area contributed by atoms with Crippen LogP contribution in [-0.2, 0) is 16.0 Å². The number of ether oxygens (including phenoxy) is 1. The van der Waals surface area contributed by atoms with Gasteiger partial charge in [0, 0.05) is 23.2 Å². The molecule has 0 N–H and O–H groups in total. The third kappa shape index (κ3) is 2.81. The predicted octanol–water partition coefficient (Wildman–Crippen LogP) is 2.89. The minimum Gasteiger partial charge on any atom is -0.447 e. The number of esters is 1. The van der Waals surface area contributed by atoms with E-state index in [1.165, 1.54) is 0 Å². The molecule has 0 bridgehead atoms. The Hall–Kier alpha value is -2.94. The Morgan fingerprint density at radius 1 is 1.38 bits per heavy atom. The molecule has 122 valence electrons. The molecule has 0 aliphatic carbocycles. The first-order valence-electron chi connectivity index (χ1n) is 7.84. The number of rotatable bonds is 4. The molecule has 0 spiro atoms. The van der Waals surface area contributed by atoms with Gasteiger partial charge in [0.2, 0.25) is 0 Å². The fourth-order valence-electron chi connectivity index (χ4n) is 2.85. The second kappa shape index (κ2) is 6.28. The second-order valence-corrected chi connectivity index (χ2v) is 5.77. The summed E-state index contributed by atoms with van der Waals surface area (Å²) in [6, 6.07) is 9.77. The largest absolute Gasteiger partial charge is 0.447 e. The van der Waals surface area contributed by atoms with Gasteiger partial charge in [0.05, 0.1) is 5.52 Å². The van der Waals surface area contributed by atoms with E-state index in [1.807, 2.05) is 48.7 Å². The molecule has 0 aliphatic rings. The fraction of sp³-hybridized carbons (Fsp3) is 0.333. The third-order valence-corrected chi connectivity index (χ3v) is 4.09. The van der Waals surface area contributed by atoms with E-state index in [0.29, 0.717) is 6.42 Å². The van der Waals surface area contributed by atoms with Crippen molar-refractivity contribution in [1.82, 2.24) is 14.6 Å². The van der Waals surface area contributed by atoms with Crippen LogP contribution in [0.3, 0.4) is 0 Å². The van der Waals surface area contributed by atoms with Gasteiger partial charge in [-0.2, -0.15) is 10.4 Å². The maximum absolute atomic E-state index is 11.8. The summed E-state index contributed by atoms with van der Waals surface area (Å²) >= 11 is 0. The van der Waals surface area contributed by atoms with E-state index in [0.717, 1.165) is 33.5 Å². The summed E-state index contributed by atoms with van der Waals surface area (Å²) in [4.78, 5) is 16.5. The van der Waals surface area contributed by atoms with Crippen LogP contribution >= 0.6 is 0 Å². The lowest BCUT2D eigenvalue weighted by molar-refractivity contribution is -0.145. The predicted molar refractivity (Wildman–Crippen MR) is 89.5 cm³/mol. The molecule has 6 nitrogen and oxygen atoms in total. The molecular weight excluding hydrogens is 304 g/mol. The van der Waals surface area contributed by atoms with Gasteiger partial charge in [0.25, 0.3) is 0 Å². The molecule has 0 saturated carbocycles. The van der Waals surface area contributed by atoms with Crippen LogP contribution in [0.4, 0.5) is 0 Å². The van der Waals surface area contributed by atoms with E-state index in [4.69, 9.17) is 10.00 Å². The van der Waals surface area contributed by atoms with Gasteiger partial charge in [0.1, 0.15) is 6.07 Å². The molecule has 6 heteroatoms. The number of aryl methyl sites for hydroxylation is 2. The summed E-state index contributed by atoms with van der Waals surface area (Å²) in [6.07, 6.45) is -0.00754. The molecule has 0 aliphatic heterocycles. The Kier molecular flexibility index (Phi) is 4.17. The molecule has 1 aromatic carbocycles. The van der Waals surface area contributed by atoms with Crippen LogP contribution in [0.15, 0.2) is 24.3 Å². The molecule has 0 saturated heterocycles. The first-order valence-corrected chi connectivity index (χ1v) is 7.84. The average Bonchev–Trinajstić information content (AvgIpc) is 2.93. The van der Waals surface area contributed by atoms with Gasteiger partial charge in [-0.3, -0.25) is 4.79 Å². The monoisotopic (exact) mass is 322 g/mol. The van der Waals surface area contributed by atoms with Crippen molar-refractivity contribution in [3.05, 3.63) is 41.2 Å². The van der Waals surface area contributed by atoms with E-state index >= 15 is 0 Å². The number of carbonyl (C=O) groups excluding carboxylic acids is 1. The maximum Gasteiger partial charge on any atom is 0.307 e. The second-order valence-electron chi connectivity index (χ2n) is 5.77. The highest BCUT2D eigenvalue weighted by molar-refractivity contribution is 5.92. The highest BCUT2D eigenvalue weighted by Crippen LogP contribution is 2.23. The fourth-order valence-corrected chi connectivity index (χ4v) is 2.85. The molecule has 1 atom stereocenters. The molecule has 3 aromatic rings. The van der Waals surface area contributed by atoms with Gasteiger partial charge >= 0.3 is 5.97 Å². The van der Waals surface area contributed by atoms with Gasteiger partial charge in [-0.1, -0.05) is 12.1 Å². The van der Waals surface area contributed by atoms with Gasteiger partial charge in [-0.05, 0) is 44.9 Å². The summed E-state index contributed by atoms with van der Waals surface area (Å²) in [5.41, 5.74) is 4.55. The normalized spacial score (nSPS) is 12.2. The third-order valence-electron chi connectivity index (χ3n) is 4.09. The van der Waals surface area contributed by atoms with Gasteiger partial charge in [-0.25, -0.2) is 9.50 Å². The van der Waals surface area contributed by atoms with Crippen LogP contribution in [0.2, 0.25) is 0 Å². The van der Waals surface area contributed by atoms with Crippen molar-refractivity contribution in [3.8, 4) is 6.07 Å². The van der Waals surface area contributed by atoms with Crippen LogP contribution in [0.5, 0.6) is 0 Å². The SMILES string of the molecule is Cc1nc2c3ccccc3nn2c(C)c1CCC(=O)O[C@H](C)C#N. The van der Waals surface area contributed by atoms with Crippen LogP contribution in [0, 0.1) is 25.2 Å². The van der Waals surface area contributed by atoms with Crippen LogP contribution in [0.25, 0.3) is 16.6 Å². The summed E-state index contributed by atoms with van der Waals surface area (Å²) in [6.45, 7) is 5.47. The minimum absolute atomic E-state index is 0.210. The van der Waals surface area contributed by atoms with E-state index in [-0.39, 0.29) is 12.4 Å². The summed E-state index contributed by atoms with van der Waals surface area (Å²) in [5.74, 6) is -0.381. The summed E-state index contributed by atoms with van der Waals surface area (Å²) < 4.78 is 6.82. The number of nitrogens with zero attached hydrogens (tertiary/aromatic N) is 4. The number of hydrogen-bond acceptors (Lipinski definition) is 5. The van der Waals surface area contributed by atoms with Crippen molar-refractivity contribution in [3.63, 3.8) is 0 Å². The summed E-state index contributed by atoms with van der Waals surface area (Å²) in [7, 11) is 0. The Labute approximate surface area is 139 Å². The smallest absolute Gasteiger partial charge is 0.307 e. The molecule has 0 amide bonds. The topological polar surface area (TPSA) is 80.3 Å². The number of aromatic nitrogens is 3. The van der Waals surface area contributed by atoms with Gasteiger partial charge in [0.15, 0.2) is 11.8 Å². The first kappa shape index (κ1) is 15.9. The molecule has 2 heterocycles. The zero-order valence-electron chi connectivity index (χ0n) is 13.9. The standard InChI is InChI=1S/C18H18N4O2/c1-11(10-19)24-17(23)9-8-14-12(2)20-18-15-6-4-5-7-16(15)21-22(18)13(14)3/h4-7,11H,8-9H2,1-3H3/t11-/m1/s1. The zero-order valence-corrected chi connectivity index (χ0v) is 13.9. The zero-order chi connectivity index (χ0) is 17.3.